The second-order valence-electron chi connectivity index (χ2n) is 8.27. The lowest BCUT2D eigenvalue weighted by Gasteiger charge is -2.28. The molecule has 0 spiro atoms. The number of aryl methyl sites for hydroxylation is 2. The summed E-state index contributed by atoms with van der Waals surface area (Å²) in [6.07, 6.45) is 8.50. The lowest BCUT2D eigenvalue weighted by molar-refractivity contribution is -0.0472. The number of pyridine rings is 1. The third kappa shape index (κ3) is 3.30. The second-order valence-corrected chi connectivity index (χ2v) is 8.27. The smallest absolute Gasteiger partial charge is 0.248 e. The van der Waals surface area contributed by atoms with Gasteiger partial charge in [0.15, 0.2) is 0 Å². The second kappa shape index (κ2) is 7.04. The van der Waals surface area contributed by atoms with Crippen molar-refractivity contribution >= 4 is 11.0 Å². The number of alkyl halides is 2. The topological polar surface area (TPSA) is 72.5 Å². The van der Waals surface area contributed by atoms with Gasteiger partial charge in [-0.15, -0.1) is 0 Å². The van der Waals surface area contributed by atoms with Crippen LogP contribution in [0.25, 0.3) is 33.3 Å². The summed E-state index contributed by atoms with van der Waals surface area (Å²) in [6, 6.07) is 2.09. The van der Waals surface area contributed by atoms with Crippen molar-refractivity contribution in [3.8, 4) is 22.3 Å². The Balaban J connectivity index is 1.58. The van der Waals surface area contributed by atoms with Gasteiger partial charge in [0.05, 0.1) is 22.9 Å². The minimum absolute atomic E-state index is 0.0337. The van der Waals surface area contributed by atoms with Crippen molar-refractivity contribution in [1.29, 1.82) is 0 Å². The van der Waals surface area contributed by atoms with Crippen LogP contribution >= 0.6 is 0 Å². The van der Waals surface area contributed by atoms with Crippen molar-refractivity contribution in [3.63, 3.8) is 0 Å². The number of halogens is 2. The molecule has 4 heterocycles. The fourth-order valence-corrected chi connectivity index (χ4v) is 4.52. The summed E-state index contributed by atoms with van der Waals surface area (Å²) in [5, 5.41) is 11.0. The van der Waals surface area contributed by atoms with Crippen LogP contribution < -0.4 is 0 Å². The molecule has 4 aromatic rings. The first-order valence-electron chi connectivity index (χ1n) is 10.2. The number of H-pyrrole nitrogens is 1. The molecule has 6 nitrogen and oxygen atoms in total. The van der Waals surface area contributed by atoms with Crippen LogP contribution in [0.5, 0.6) is 0 Å². The molecule has 1 saturated carbocycles. The summed E-state index contributed by atoms with van der Waals surface area (Å²) < 4.78 is 34.7. The lowest BCUT2D eigenvalue weighted by Crippen LogP contribution is -2.26. The van der Waals surface area contributed by atoms with Crippen LogP contribution in [0.2, 0.25) is 0 Å². The maximum Gasteiger partial charge on any atom is 0.248 e. The minimum Gasteiger partial charge on any atom is -0.361 e. The van der Waals surface area contributed by atoms with Crippen LogP contribution in [0.15, 0.2) is 35.4 Å². The van der Waals surface area contributed by atoms with Gasteiger partial charge in [-0.3, -0.25) is 10.1 Å². The van der Waals surface area contributed by atoms with Crippen molar-refractivity contribution in [2.75, 3.05) is 0 Å². The molecule has 0 unspecified atom stereocenters. The van der Waals surface area contributed by atoms with Crippen LogP contribution in [-0.2, 0) is 6.54 Å². The number of aromatic nitrogens is 5. The zero-order valence-corrected chi connectivity index (χ0v) is 17.0. The molecule has 0 radical (unpaired) electrons. The molecule has 1 aliphatic rings. The molecule has 0 aliphatic heterocycles. The highest BCUT2D eigenvalue weighted by Gasteiger charge is 2.35. The third-order valence-corrected chi connectivity index (χ3v) is 6.14. The van der Waals surface area contributed by atoms with Gasteiger partial charge in [0, 0.05) is 60.2 Å². The van der Waals surface area contributed by atoms with Gasteiger partial charge >= 0.3 is 0 Å². The first-order valence-corrected chi connectivity index (χ1v) is 10.2. The fourth-order valence-electron chi connectivity index (χ4n) is 4.52. The lowest BCUT2D eigenvalue weighted by atomic mass is 9.87. The van der Waals surface area contributed by atoms with E-state index in [-0.39, 0.29) is 18.8 Å². The van der Waals surface area contributed by atoms with Crippen LogP contribution in [-0.4, -0.2) is 30.8 Å². The Kier molecular flexibility index (Phi) is 4.45. The van der Waals surface area contributed by atoms with Crippen LogP contribution in [0.3, 0.4) is 0 Å². The molecule has 30 heavy (non-hydrogen) atoms. The highest BCUT2D eigenvalue weighted by molar-refractivity contribution is 5.94. The Morgan fingerprint density at radius 1 is 1.20 bits per heavy atom. The van der Waals surface area contributed by atoms with Crippen LogP contribution in [0, 0.1) is 19.8 Å². The summed E-state index contributed by atoms with van der Waals surface area (Å²) in [4.78, 5) is 4.76. The van der Waals surface area contributed by atoms with Gasteiger partial charge in [0.2, 0.25) is 5.92 Å². The SMILES string of the molecule is Cc1noc(C)c1-c1cnc2c(-c3cn[nH]c3)cn(CC3CCC(F)(F)CC3)c2c1. The van der Waals surface area contributed by atoms with E-state index >= 15 is 0 Å². The molecule has 0 saturated heterocycles. The number of aromatic amines is 1. The summed E-state index contributed by atoms with van der Waals surface area (Å²) in [5.74, 6) is -1.55. The predicted octanol–water partition coefficient (Wildman–Crippen LogP) is 5.52. The van der Waals surface area contributed by atoms with Crippen LogP contribution in [0.4, 0.5) is 8.78 Å². The fraction of sp³-hybridized carbons (Fsp3) is 0.409. The van der Waals surface area contributed by atoms with E-state index in [2.05, 4.69) is 32.2 Å². The first-order chi connectivity index (χ1) is 14.4. The molecule has 0 amide bonds. The predicted molar refractivity (Wildman–Crippen MR) is 109 cm³/mol. The summed E-state index contributed by atoms with van der Waals surface area (Å²) >= 11 is 0. The van der Waals surface area contributed by atoms with Gasteiger partial charge in [-0.2, -0.15) is 5.10 Å². The van der Waals surface area contributed by atoms with Gasteiger partial charge in [0.1, 0.15) is 5.76 Å². The average Bonchev–Trinajstić information content (AvgIpc) is 3.43. The highest BCUT2D eigenvalue weighted by Crippen LogP contribution is 2.39. The molecule has 8 heteroatoms. The van der Waals surface area contributed by atoms with Gasteiger partial charge in [-0.05, 0) is 38.7 Å². The largest absolute Gasteiger partial charge is 0.361 e. The zero-order valence-electron chi connectivity index (χ0n) is 17.0. The molecule has 1 fully saturated rings. The van der Waals surface area contributed by atoms with E-state index in [4.69, 9.17) is 9.51 Å². The van der Waals surface area contributed by atoms with Gasteiger partial charge in [-0.25, -0.2) is 8.78 Å². The Hall–Kier alpha value is -3.03. The van der Waals surface area contributed by atoms with E-state index in [1.807, 2.05) is 26.2 Å². The number of hydrogen-bond donors (Lipinski definition) is 1. The molecular weight excluding hydrogens is 388 g/mol. The van der Waals surface area contributed by atoms with E-state index in [9.17, 15) is 8.78 Å². The van der Waals surface area contributed by atoms with E-state index in [0.717, 1.165) is 44.7 Å². The molecular formula is C22H23F2N5O. The molecule has 0 bridgehead atoms. The molecule has 5 rings (SSSR count). The number of nitrogens with zero attached hydrogens (tertiary/aromatic N) is 4. The Labute approximate surface area is 172 Å². The van der Waals surface area contributed by atoms with E-state index < -0.39 is 5.92 Å². The number of nitrogens with one attached hydrogen (secondary N) is 1. The normalized spacial score (nSPS) is 17.1. The minimum atomic E-state index is -2.52. The van der Waals surface area contributed by atoms with Crippen molar-refractivity contribution < 1.29 is 13.3 Å². The summed E-state index contributed by atoms with van der Waals surface area (Å²) in [6.45, 7) is 4.49. The summed E-state index contributed by atoms with van der Waals surface area (Å²) in [7, 11) is 0. The maximum absolute atomic E-state index is 13.6. The van der Waals surface area contributed by atoms with Crippen molar-refractivity contribution in [1.82, 2.24) is 24.9 Å². The van der Waals surface area contributed by atoms with Crippen molar-refractivity contribution in [3.05, 3.63) is 42.3 Å². The molecule has 1 aliphatic carbocycles. The molecule has 0 aromatic carbocycles. The van der Waals surface area contributed by atoms with E-state index in [1.165, 1.54) is 0 Å². The third-order valence-electron chi connectivity index (χ3n) is 6.14. The quantitative estimate of drug-likeness (QED) is 0.480. The maximum atomic E-state index is 13.6. The van der Waals surface area contributed by atoms with Gasteiger partial charge < -0.3 is 9.09 Å². The standard InChI is InChI=1S/C22H23F2N5O/c1-13-20(14(2)30-28-13)16-7-19-21(25-8-16)18(17-9-26-27-10-17)12-29(19)11-15-3-5-22(23,24)6-4-15/h7-10,12,15H,3-6,11H2,1-2H3,(H,26,27). The summed E-state index contributed by atoms with van der Waals surface area (Å²) in [5.41, 5.74) is 6.47. The van der Waals surface area contributed by atoms with Gasteiger partial charge in [0.25, 0.3) is 0 Å². The molecule has 0 atom stereocenters. The Bertz CT molecular complexity index is 1160. The average molecular weight is 411 g/mol. The number of hydrogen-bond acceptors (Lipinski definition) is 4. The molecule has 4 aromatic heterocycles. The van der Waals surface area contributed by atoms with Crippen molar-refractivity contribution in [2.24, 2.45) is 5.92 Å². The van der Waals surface area contributed by atoms with E-state index in [0.29, 0.717) is 19.4 Å². The Morgan fingerprint density at radius 3 is 2.67 bits per heavy atom. The number of fused-ring (bicyclic) bond motifs is 1. The van der Waals surface area contributed by atoms with E-state index in [1.54, 1.807) is 6.20 Å². The molecule has 156 valence electrons. The Morgan fingerprint density at radius 2 is 2.00 bits per heavy atom. The van der Waals surface area contributed by atoms with Crippen molar-refractivity contribution in [2.45, 2.75) is 52.0 Å². The monoisotopic (exact) mass is 411 g/mol. The van der Waals surface area contributed by atoms with Crippen LogP contribution in [0.1, 0.15) is 37.1 Å². The van der Waals surface area contributed by atoms with Gasteiger partial charge in [-0.1, -0.05) is 5.16 Å². The highest BCUT2D eigenvalue weighted by atomic mass is 19.3. The molecule has 1 N–H and O–H groups in total. The number of rotatable bonds is 4. The zero-order chi connectivity index (χ0) is 20.9. The first kappa shape index (κ1) is 19.0.